The number of allylic oxidation sites excluding steroid dienone is 5. The number of amides is 1. The van der Waals surface area contributed by atoms with Crippen molar-refractivity contribution in [2.24, 2.45) is 0 Å². The summed E-state index contributed by atoms with van der Waals surface area (Å²) < 4.78 is 5.43. The van der Waals surface area contributed by atoms with Crippen LogP contribution < -0.4 is 5.32 Å². The van der Waals surface area contributed by atoms with Crippen LogP contribution in [0.3, 0.4) is 0 Å². The van der Waals surface area contributed by atoms with Gasteiger partial charge >= 0.3 is 5.97 Å². The molecule has 0 aromatic rings. The van der Waals surface area contributed by atoms with Crippen LogP contribution in [0.1, 0.15) is 239 Å². The summed E-state index contributed by atoms with van der Waals surface area (Å²) >= 11 is 0. The number of ether oxygens (including phenoxy) is 1. The van der Waals surface area contributed by atoms with E-state index in [4.69, 9.17) is 4.74 Å². The van der Waals surface area contributed by atoms with Gasteiger partial charge in [-0.1, -0.05) is 204 Å². The van der Waals surface area contributed by atoms with E-state index < -0.39 is 12.1 Å². The van der Waals surface area contributed by atoms with Gasteiger partial charge in [-0.2, -0.15) is 0 Å². The number of hydrogen-bond acceptors (Lipinski definition) is 5. The zero-order valence-electron chi connectivity index (χ0n) is 36.4. The van der Waals surface area contributed by atoms with E-state index in [9.17, 15) is 19.8 Å². The summed E-state index contributed by atoms with van der Waals surface area (Å²) in [6.07, 6.45) is 52.7. The zero-order valence-corrected chi connectivity index (χ0v) is 36.4. The number of carbonyl (C=O) groups excluding carboxylic acids is 2. The number of unbranched alkanes of at least 4 members (excludes halogenated alkanes) is 28. The van der Waals surface area contributed by atoms with Crippen LogP contribution >= 0.6 is 0 Å². The summed E-state index contributed by atoms with van der Waals surface area (Å²) in [4.78, 5) is 24.4. The molecule has 2 atom stereocenters. The van der Waals surface area contributed by atoms with E-state index in [1.54, 1.807) is 6.08 Å². The minimum atomic E-state index is -0.857. The lowest BCUT2D eigenvalue weighted by Crippen LogP contribution is -2.45. The largest absolute Gasteiger partial charge is 0.466 e. The fourth-order valence-electron chi connectivity index (χ4n) is 6.96. The van der Waals surface area contributed by atoms with Gasteiger partial charge in [0.1, 0.15) is 0 Å². The van der Waals surface area contributed by atoms with E-state index in [1.165, 1.54) is 141 Å². The Hall–Kier alpha value is -1.92. The van der Waals surface area contributed by atoms with Crippen LogP contribution in [-0.2, 0) is 14.3 Å². The fourth-order valence-corrected chi connectivity index (χ4v) is 6.96. The van der Waals surface area contributed by atoms with E-state index in [0.29, 0.717) is 19.4 Å². The summed E-state index contributed by atoms with van der Waals surface area (Å²) in [7, 11) is 0. The van der Waals surface area contributed by atoms with Crippen molar-refractivity contribution in [2.75, 3.05) is 13.2 Å². The van der Waals surface area contributed by atoms with Crippen LogP contribution in [0.5, 0.6) is 0 Å². The predicted molar refractivity (Wildman–Crippen MR) is 236 cm³/mol. The highest BCUT2D eigenvalue weighted by atomic mass is 16.5. The molecular formula is C49H91NO5. The molecule has 0 aromatic heterocycles. The van der Waals surface area contributed by atoms with Gasteiger partial charge in [-0.15, -0.1) is 0 Å². The molecule has 0 aromatic carbocycles. The van der Waals surface area contributed by atoms with Crippen molar-refractivity contribution in [3.63, 3.8) is 0 Å². The van der Waals surface area contributed by atoms with Crippen LogP contribution in [0, 0.1) is 0 Å². The molecule has 0 radical (unpaired) electrons. The molecule has 0 bridgehead atoms. The summed E-state index contributed by atoms with van der Waals surface area (Å²) in [5, 5.41) is 23.0. The second-order valence-corrected chi connectivity index (χ2v) is 16.1. The van der Waals surface area contributed by atoms with Crippen molar-refractivity contribution in [1.29, 1.82) is 0 Å². The van der Waals surface area contributed by atoms with E-state index in [2.05, 4.69) is 43.5 Å². The number of carbonyl (C=O) groups is 2. The second-order valence-electron chi connectivity index (χ2n) is 16.1. The maximum atomic E-state index is 12.4. The van der Waals surface area contributed by atoms with Crippen LogP contribution in [0.4, 0.5) is 0 Å². The van der Waals surface area contributed by atoms with Crippen LogP contribution in [0.25, 0.3) is 0 Å². The molecule has 0 aliphatic heterocycles. The van der Waals surface area contributed by atoms with Crippen molar-refractivity contribution in [2.45, 2.75) is 251 Å². The predicted octanol–water partition coefficient (Wildman–Crippen LogP) is 13.7. The Bertz CT molecular complexity index is 900. The number of nitrogens with one attached hydrogen (secondary N) is 1. The normalized spacial score (nSPS) is 13.0. The van der Waals surface area contributed by atoms with Crippen molar-refractivity contribution >= 4 is 11.9 Å². The molecule has 6 heteroatoms. The third-order valence-electron chi connectivity index (χ3n) is 10.6. The van der Waals surface area contributed by atoms with Gasteiger partial charge in [0, 0.05) is 12.8 Å². The Morgan fingerprint density at radius 2 is 0.945 bits per heavy atom. The summed E-state index contributed by atoms with van der Waals surface area (Å²) in [5.74, 6) is -0.121. The lowest BCUT2D eigenvalue weighted by molar-refractivity contribution is -0.143. The van der Waals surface area contributed by atoms with E-state index in [0.717, 1.165) is 70.6 Å². The quantitative estimate of drug-likeness (QED) is 0.0326. The first kappa shape index (κ1) is 53.1. The van der Waals surface area contributed by atoms with Crippen molar-refractivity contribution < 1.29 is 24.5 Å². The zero-order chi connectivity index (χ0) is 40.1. The molecule has 0 saturated carbocycles. The third-order valence-corrected chi connectivity index (χ3v) is 10.6. The van der Waals surface area contributed by atoms with Crippen LogP contribution in [0.2, 0.25) is 0 Å². The van der Waals surface area contributed by atoms with Gasteiger partial charge in [0.15, 0.2) is 0 Å². The molecule has 0 rings (SSSR count). The number of aliphatic hydroxyl groups excluding tert-OH is 2. The monoisotopic (exact) mass is 774 g/mol. The minimum absolute atomic E-state index is 0.0316. The minimum Gasteiger partial charge on any atom is -0.466 e. The summed E-state index contributed by atoms with van der Waals surface area (Å²) in [5.41, 5.74) is 0. The molecule has 0 fully saturated rings. The molecule has 3 N–H and O–H groups in total. The van der Waals surface area contributed by atoms with Gasteiger partial charge < -0.3 is 20.3 Å². The summed E-state index contributed by atoms with van der Waals surface area (Å²) in [6, 6.07) is -0.642. The molecule has 1 amide bonds. The van der Waals surface area contributed by atoms with Crippen LogP contribution in [0.15, 0.2) is 36.5 Å². The number of aliphatic hydroxyl groups is 2. The second kappa shape index (κ2) is 44.8. The van der Waals surface area contributed by atoms with Gasteiger partial charge in [-0.3, -0.25) is 9.59 Å². The number of rotatable bonds is 43. The average Bonchev–Trinajstić information content (AvgIpc) is 3.18. The lowest BCUT2D eigenvalue weighted by atomic mass is 10.0. The smallest absolute Gasteiger partial charge is 0.305 e. The Balaban J connectivity index is 3.53. The van der Waals surface area contributed by atoms with Crippen molar-refractivity contribution in [3.8, 4) is 0 Å². The molecule has 2 unspecified atom stereocenters. The first-order valence-corrected chi connectivity index (χ1v) is 23.8. The summed E-state index contributed by atoms with van der Waals surface area (Å²) in [6.45, 7) is 4.77. The van der Waals surface area contributed by atoms with Gasteiger partial charge in [0.05, 0.1) is 25.4 Å². The molecule has 0 heterocycles. The van der Waals surface area contributed by atoms with Gasteiger partial charge in [-0.25, -0.2) is 0 Å². The fraction of sp³-hybridized carbons (Fsp3) is 0.837. The Morgan fingerprint density at radius 3 is 1.45 bits per heavy atom. The molecule has 0 saturated heterocycles. The topological polar surface area (TPSA) is 95.9 Å². The molecule has 55 heavy (non-hydrogen) atoms. The number of esters is 1. The van der Waals surface area contributed by atoms with Crippen molar-refractivity contribution in [1.82, 2.24) is 5.32 Å². The maximum absolute atomic E-state index is 12.4. The lowest BCUT2D eigenvalue weighted by Gasteiger charge is -2.20. The maximum Gasteiger partial charge on any atom is 0.305 e. The molecular weight excluding hydrogens is 683 g/mol. The highest BCUT2D eigenvalue weighted by Gasteiger charge is 2.18. The molecule has 322 valence electrons. The standard InChI is InChI=1S/C49H91NO5/c1-3-5-7-9-11-13-15-17-19-21-25-29-33-37-41-47(52)46(45-51)50-48(53)42-38-34-30-26-22-20-24-28-32-36-40-44-55-49(54)43-39-35-31-27-23-18-16-14-12-10-8-6-4-2/h8,10,14,16,37,41,46-47,51-52H,3-7,9,11-13,15,17-36,38-40,42-45H2,1-2H3,(H,50,53)/b10-8-,16-14-,41-37+. The van der Waals surface area contributed by atoms with Crippen LogP contribution in [-0.4, -0.2) is 47.4 Å². The molecule has 6 nitrogen and oxygen atoms in total. The van der Waals surface area contributed by atoms with E-state index in [1.807, 2.05) is 6.08 Å². The average molecular weight is 774 g/mol. The Kier molecular flexibility index (Phi) is 43.2. The molecule has 0 aliphatic rings. The SMILES string of the molecule is CCC/C=C\C/C=C\CCCCCCCC(=O)OCCCCCCCCCCCCCC(=O)NC(CO)C(O)/C=C/CCCCCCCCCCCCCC. The highest BCUT2D eigenvalue weighted by molar-refractivity contribution is 5.76. The third kappa shape index (κ3) is 41.5. The Morgan fingerprint density at radius 1 is 0.509 bits per heavy atom. The van der Waals surface area contributed by atoms with E-state index in [-0.39, 0.29) is 18.5 Å². The number of hydrogen-bond donors (Lipinski definition) is 3. The first-order chi connectivity index (χ1) is 27.0. The van der Waals surface area contributed by atoms with Gasteiger partial charge in [-0.05, 0) is 57.8 Å². The van der Waals surface area contributed by atoms with E-state index >= 15 is 0 Å². The van der Waals surface area contributed by atoms with Gasteiger partial charge in [0.2, 0.25) is 5.91 Å². The highest BCUT2D eigenvalue weighted by Crippen LogP contribution is 2.15. The van der Waals surface area contributed by atoms with Gasteiger partial charge in [0.25, 0.3) is 0 Å². The molecule has 0 spiro atoms. The van der Waals surface area contributed by atoms with Crippen molar-refractivity contribution in [3.05, 3.63) is 36.5 Å². The Labute approximate surface area is 341 Å². The molecule has 0 aliphatic carbocycles. The first-order valence-electron chi connectivity index (χ1n) is 23.8.